The second-order valence-electron chi connectivity index (χ2n) is 5.01. The number of amides is 1. The summed E-state index contributed by atoms with van der Waals surface area (Å²) in [6.45, 7) is -0.110. The zero-order chi connectivity index (χ0) is 13.4. The minimum atomic E-state index is -4.51. The van der Waals surface area contributed by atoms with E-state index in [9.17, 15) is 18.0 Å². The van der Waals surface area contributed by atoms with E-state index in [0.717, 1.165) is 0 Å². The summed E-state index contributed by atoms with van der Waals surface area (Å²) in [4.78, 5) is 11.9. The molecule has 0 spiro atoms. The number of ether oxygens (including phenoxy) is 1. The third kappa shape index (κ3) is 2.21. The van der Waals surface area contributed by atoms with Crippen molar-refractivity contribution in [2.24, 2.45) is 5.41 Å². The topological polar surface area (TPSA) is 50.4 Å². The Bertz CT molecular complexity index is 321. The highest BCUT2D eigenvalue weighted by Crippen LogP contribution is 2.43. The van der Waals surface area contributed by atoms with Gasteiger partial charge in [0.05, 0.1) is 6.10 Å². The molecule has 1 unspecified atom stereocenters. The summed E-state index contributed by atoms with van der Waals surface area (Å²) in [5, 5.41) is 5.12. The first-order valence-corrected chi connectivity index (χ1v) is 6.00. The average Bonchev–Trinajstić information content (AvgIpc) is 2.71. The smallest absolute Gasteiger partial charge is 0.381 e. The summed E-state index contributed by atoms with van der Waals surface area (Å²) in [6.07, 6.45) is -3.47. The molecule has 104 valence electrons. The van der Waals surface area contributed by atoms with Gasteiger partial charge in [-0.2, -0.15) is 13.2 Å². The van der Waals surface area contributed by atoms with Crippen LogP contribution in [0.1, 0.15) is 19.3 Å². The van der Waals surface area contributed by atoms with Crippen LogP contribution in [0.25, 0.3) is 0 Å². The van der Waals surface area contributed by atoms with Crippen LogP contribution in [-0.2, 0) is 9.53 Å². The highest BCUT2D eigenvalue weighted by molar-refractivity contribution is 5.84. The van der Waals surface area contributed by atoms with Crippen molar-refractivity contribution in [3.63, 3.8) is 0 Å². The maximum atomic E-state index is 13.1. The van der Waals surface area contributed by atoms with Crippen molar-refractivity contribution in [1.82, 2.24) is 10.6 Å². The molecule has 1 aliphatic heterocycles. The second kappa shape index (κ2) is 4.70. The van der Waals surface area contributed by atoms with E-state index >= 15 is 0 Å². The van der Waals surface area contributed by atoms with Gasteiger partial charge in [-0.1, -0.05) is 0 Å². The molecule has 0 radical (unpaired) electrons. The van der Waals surface area contributed by atoms with E-state index in [1.54, 1.807) is 7.11 Å². The summed E-state index contributed by atoms with van der Waals surface area (Å²) in [5.41, 5.74) is -2.26. The molecule has 1 saturated carbocycles. The fourth-order valence-corrected chi connectivity index (χ4v) is 2.46. The molecule has 2 N–H and O–H groups in total. The molecule has 1 aliphatic carbocycles. The average molecular weight is 266 g/mol. The quantitative estimate of drug-likeness (QED) is 0.795. The fourth-order valence-electron chi connectivity index (χ4n) is 2.46. The van der Waals surface area contributed by atoms with Crippen molar-refractivity contribution in [2.45, 2.75) is 37.6 Å². The van der Waals surface area contributed by atoms with Crippen LogP contribution < -0.4 is 10.6 Å². The van der Waals surface area contributed by atoms with E-state index in [4.69, 9.17) is 4.74 Å². The number of nitrogens with one attached hydrogen (secondary N) is 2. The van der Waals surface area contributed by atoms with E-state index in [2.05, 4.69) is 10.6 Å². The third-order valence-electron chi connectivity index (χ3n) is 3.90. The zero-order valence-electron chi connectivity index (χ0n) is 10.1. The number of hydrogen-bond donors (Lipinski definition) is 2. The molecule has 2 rings (SSSR count). The second-order valence-corrected chi connectivity index (χ2v) is 5.01. The van der Waals surface area contributed by atoms with Crippen molar-refractivity contribution in [1.29, 1.82) is 0 Å². The van der Waals surface area contributed by atoms with Gasteiger partial charge in [-0.25, -0.2) is 0 Å². The van der Waals surface area contributed by atoms with Crippen molar-refractivity contribution >= 4 is 5.91 Å². The summed E-state index contributed by atoms with van der Waals surface area (Å²) < 4.78 is 44.2. The van der Waals surface area contributed by atoms with E-state index in [1.165, 1.54) is 0 Å². The molecule has 2 fully saturated rings. The van der Waals surface area contributed by atoms with E-state index in [1.807, 2.05) is 0 Å². The van der Waals surface area contributed by atoms with E-state index in [-0.39, 0.29) is 31.7 Å². The number of halogens is 3. The first kappa shape index (κ1) is 13.6. The standard InChI is InChI=1S/C11H17F3N2O2/c1-18-8-4-7(5-8)16-9(17)10(11(12,13)14)2-3-15-6-10/h7-8,15H,2-6H2,1H3,(H,16,17). The lowest BCUT2D eigenvalue weighted by Gasteiger charge is -2.38. The van der Waals surface area contributed by atoms with Crippen LogP contribution in [-0.4, -0.2) is 44.4 Å². The molecule has 7 heteroatoms. The van der Waals surface area contributed by atoms with Crippen molar-refractivity contribution < 1.29 is 22.7 Å². The number of carbonyl (C=O) groups is 1. The Morgan fingerprint density at radius 1 is 1.44 bits per heavy atom. The molecule has 1 saturated heterocycles. The molecule has 1 atom stereocenters. The normalized spacial score (nSPS) is 36.2. The van der Waals surface area contributed by atoms with Crippen molar-refractivity contribution in [3.05, 3.63) is 0 Å². The maximum absolute atomic E-state index is 13.1. The lowest BCUT2D eigenvalue weighted by Crippen LogP contribution is -2.57. The van der Waals surface area contributed by atoms with Crippen LogP contribution in [0, 0.1) is 5.41 Å². The van der Waals surface area contributed by atoms with Gasteiger partial charge in [-0.3, -0.25) is 4.79 Å². The van der Waals surface area contributed by atoms with E-state index in [0.29, 0.717) is 12.8 Å². The van der Waals surface area contributed by atoms with Gasteiger partial charge in [0.2, 0.25) is 5.91 Å². The van der Waals surface area contributed by atoms with Gasteiger partial charge in [0.15, 0.2) is 5.41 Å². The van der Waals surface area contributed by atoms with Crippen LogP contribution in [0.5, 0.6) is 0 Å². The Morgan fingerprint density at radius 2 is 2.11 bits per heavy atom. The highest BCUT2D eigenvalue weighted by Gasteiger charge is 2.61. The third-order valence-corrected chi connectivity index (χ3v) is 3.90. The van der Waals surface area contributed by atoms with Gasteiger partial charge in [0.25, 0.3) is 0 Å². The molecule has 0 bridgehead atoms. The Hall–Kier alpha value is -0.820. The Balaban J connectivity index is 1.98. The van der Waals surface area contributed by atoms with Crippen LogP contribution in [0.3, 0.4) is 0 Å². The number of hydrogen-bond acceptors (Lipinski definition) is 3. The molecule has 2 aliphatic rings. The van der Waals surface area contributed by atoms with Crippen molar-refractivity contribution in [3.8, 4) is 0 Å². The minimum absolute atomic E-state index is 0.0545. The lowest BCUT2D eigenvalue weighted by molar-refractivity contribution is -0.216. The SMILES string of the molecule is COC1CC(NC(=O)C2(C(F)(F)F)CCNC2)C1. The Kier molecular flexibility index (Phi) is 3.55. The Labute approximate surface area is 103 Å². The van der Waals surface area contributed by atoms with Gasteiger partial charge < -0.3 is 15.4 Å². The van der Waals surface area contributed by atoms with Crippen molar-refractivity contribution in [2.75, 3.05) is 20.2 Å². The monoisotopic (exact) mass is 266 g/mol. The minimum Gasteiger partial charge on any atom is -0.381 e. The molecule has 18 heavy (non-hydrogen) atoms. The zero-order valence-corrected chi connectivity index (χ0v) is 10.1. The summed E-state index contributed by atoms with van der Waals surface area (Å²) in [7, 11) is 1.56. The van der Waals surface area contributed by atoms with Crippen LogP contribution in [0.15, 0.2) is 0 Å². The first-order chi connectivity index (χ1) is 8.39. The highest BCUT2D eigenvalue weighted by atomic mass is 19.4. The molecule has 1 amide bonds. The maximum Gasteiger partial charge on any atom is 0.404 e. The van der Waals surface area contributed by atoms with Crippen LogP contribution in [0.4, 0.5) is 13.2 Å². The van der Waals surface area contributed by atoms with Gasteiger partial charge in [0, 0.05) is 19.7 Å². The number of methoxy groups -OCH3 is 1. The van der Waals surface area contributed by atoms with Crippen LogP contribution >= 0.6 is 0 Å². The summed E-state index contributed by atoms with van der Waals surface area (Å²) in [6, 6.07) is -0.192. The largest absolute Gasteiger partial charge is 0.404 e. The number of carbonyl (C=O) groups excluding carboxylic acids is 1. The number of alkyl halides is 3. The molecular formula is C11H17F3N2O2. The van der Waals surface area contributed by atoms with E-state index < -0.39 is 17.5 Å². The van der Waals surface area contributed by atoms with Gasteiger partial charge in [0.1, 0.15) is 0 Å². The first-order valence-electron chi connectivity index (χ1n) is 6.00. The number of rotatable bonds is 3. The molecular weight excluding hydrogens is 249 g/mol. The predicted octanol–water partition coefficient (Wildman–Crippen LogP) is 0.822. The van der Waals surface area contributed by atoms with Gasteiger partial charge in [-0.15, -0.1) is 0 Å². The molecule has 1 heterocycles. The molecule has 0 aromatic rings. The lowest BCUT2D eigenvalue weighted by atomic mass is 9.82. The molecule has 0 aromatic heterocycles. The fraction of sp³-hybridized carbons (Fsp3) is 0.909. The predicted molar refractivity (Wildman–Crippen MR) is 57.9 cm³/mol. The van der Waals surface area contributed by atoms with Gasteiger partial charge >= 0.3 is 6.18 Å². The molecule has 0 aromatic carbocycles. The Morgan fingerprint density at radius 3 is 2.56 bits per heavy atom. The molecule has 4 nitrogen and oxygen atoms in total. The summed E-state index contributed by atoms with van der Waals surface area (Å²) in [5.74, 6) is -0.903. The van der Waals surface area contributed by atoms with Crippen LogP contribution in [0.2, 0.25) is 0 Å². The van der Waals surface area contributed by atoms with Gasteiger partial charge in [-0.05, 0) is 25.8 Å². The summed E-state index contributed by atoms with van der Waals surface area (Å²) >= 11 is 0.